The van der Waals surface area contributed by atoms with Gasteiger partial charge in [-0.1, -0.05) is 39.2 Å². The molecule has 0 saturated heterocycles. The van der Waals surface area contributed by atoms with E-state index in [1.807, 2.05) is 0 Å². The third-order valence-corrected chi connectivity index (χ3v) is 6.22. The standard InChI is InChI=1S/C17H28N2OS.ClH/c1-3-16(18,4-2)13-19-15(20)17(10-6-5-7-11-17)14-9-8-12-21-14;/h8-9,12H,3-7,10-11,13,18H2,1-2H3,(H,19,20);1H. The van der Waals surface area contributed by atoms with Gasteiger partial charge in [-0.3, -0.25) is 4.79 Å². The Hall–Kier alpha value is -0.580. The highest BCUT2D eigenvalue weighted by atomic mass is 35.5. The summed E-state index contributed by atoms with van der Waals surface area (Å²) < 4.78 is 0. The molecule has 0 aromatic carbocycles. The Balaban J connectivity index is 0.00000242. The van der Waals surface area contributed by atoms with Crippen LogP contribution in [0.3, 0.4) is 0 Å². The highest BCUT2D eigenvalue weighted by Gasteiger charge is 2.42. The van der Waals surface area contributed by atoms with Crippen LogP contribution in [-0.2, 0) is 10.2 Å². The number of thiophene rings is 1. The van der Waals surface area contributed by atoms with Crippen molar-refractivity contribution in [3.8, 4) is 0 Å². The molecule has 1 aliphatic carbocycles. The zero-order valence-electron chi connectivity index (χ0n) is 13.7. The molecular weight excluding hydrogens is 316 g/mol. The van der Waals surface area contributed by atoms with Gasteiger partial charge < -0.3 is 11.1 Å². The van der Waals surface area contributed by atoms with Crippen LogP contribution in [0.5, 0.6) is 0 Å². The molecule has 5 heteroatoms. The van der Waals surface area contributed by atoms with Crippen LogP contribution in [0.4, 0.5) is 0 Å². The van der Waals surface area contributed by atoms with Gasteiger partial charge in [0.25, 0.3) is 0 Å². The normalized spacial score (nSPS) is 17.6. The average molecular weight is 345 g/mol. The van der Waals surface area contributed by atoms with Gasteiger partial charge in [0.15, 0.2) is 0 Å². The Morgan fingerprint density at radius 3 is 2.45 bits per heavy atom. The summed E-state index contributed by atoms with van der Waals surface area (Å²) in [7, 11) is 0. The van der Waals surface area contributed by atoms with Gasteiger partial charge in [-0.05, 0) is 37.1 Å². The summed E-state index contributed by atoms with van der Waals surface area (Å²) >= 11 is 1.71. The fraction of sp³-hybridized carbons (Fsp3) is 0.706. The number of amides is 1. The minimum Gasteiger partial charge on any atom is -0.353 e. The number of halogens is 1. The molecule has 3 nitrogen and oxygen atoms in total. The van der Waals surface area contributed by atoms with Crippen LogP contribution in [0, 0.1) is 0 Å². The second-order valence-electron chi connectivity index (χ2n) is 6.37. The average Bonchev–Trinajstić information content (AvgIpc) is 3.08. The molecule has 1 fully saturated rings. The lowest BCUT2D eigenvalue weighted by atomic mass is 9.72. The van der Waals surface area contributed by atoms with E-state index in [0.717, 1.165) is 38.5 Å². The Kier molecular flexibility index (Phi) is 7.36. The van der Waals surface area contributed by atoms with Crippen LogP contribution < -0.4 is 11.1 Å². The lowest BCUT2D eigenvalue weighted by molar-refractivity contribution is -0.128. The number of rotatable bonds is 6. The number of nitrogens with two attached hydrogens (primary N) is 1. The Morgan fingerprint density at radius 2 is 1.95 bits per heavy atom. The van der Waals surface area contributed by atoms with E-state index in [4.69, 9.17) is 5.73 Å². The van der Waals surface area contributed by atoms with Gasteiger partial charge >= 0.3 is 0 Å². The van der Waals surface area contributed by atoms with Crippen LogP contribution in [0.1, 0.15) is 63.7 Å². The minimum absolute atomic E-state index is 0. The second-order valence-corrected chi connectivity index (χ2v) is 7.32. The Labute approximate surface area is 144 Å². The van der Waals surface area contributed by atoms with Gasteiger partial charge in [-0.2, -0.15) is 0 Å². The van der Waals surface area contributed by atoms with Crippen LogP contribution in [-0.4, -0.2) is 18.0 Å². The van der Waals surface area contributed by atoms with Crippen LogP contribution in [0.25, 0.3) is 0 Å². The Bertz CT molecular complexity index is 451. The maximum absolute atomic E-state index is 12.9. The van der Waals surface area contributed by atoms with Crippen molar-refractivity contribution < 1.29 is 4.79 Å². The van der Waals surface area contributed by atoms with Crippen LogP contribution >= 0.6 is 23.7 Å². The summed E-state index contributed by atoms with van der Waals surface area (Å²) in [5, 5.41) is 5.24. The molecule has 1 aromatic heterocycles. The van der Waals surface area contributed by atoms with Crippen molar-refractivity contribution in [3.63, 3.8) is 0 Å². The molecule has 0 aliphatic heterocycles. The predicted molar refractivity (Wildman–Crippen MR) is 96.8 cm³/mol. The summed E-state index contributed by atoms with van der Waals surface area (Å²) in [6.45, 7) is 4.75. The molecule has 2 rings (SSSR count). The van der Waals surface area contributed by atoms with Gasteiger partial charge in [0.05, 0.1) is 5.41 Å². The summed E-state index contributed by atoms with van der Waals surface area (Å²) in [6.07, 6.45) is 7.22. The first-order chi connectivity index (χ1) is 10.1. The van der Waals surface area contributed by atoms with E-state index in [1.54, 1.807) is 11.3 Å². The van der Waals surface area contributed by atoms with E-state index in [-0.39, 0.29) is 29.3 Å². The molecule has 0 bridgehead atoms. The van der Waals surface area contributed by atoms with Crippen molar-refractivity contribution in [2.24, 2.45) is 5.73 Å². The van der Waals surface area contributed by atoms with Crippen molar-refractivity contribution in [3.05, 3.63) is 22.4 Å². The second kappa shape index (κ2) is 8.32. The first-order valence-electron chi connectivity index (χ1n) is 8.17. The van der Waals surface area contributed by atoms with Gasteiger partial charge in [0.1, 0.15) is 0 Å². The molecule has 1 saturated carbocycles. The van der Waals surface area contributed by atoms with Crippen molar-refractivity contribution in [2.45, 2.75) is 69.7 Å². The van der Waals surface area contributed by atoms with Crippen molar-refractivity contribution in [2.75, 3.05) is 6.54 Å². The van der Waals surface area contributed by atoms with Gasteiger partial charge in [0, 0.05) is 17.0 Å². The van der Waals surface area contributed by atoms with E-state index in [9.17, 15) is 4.79 Å². The fourth-order valence-electron chi connectivity index (χ4n) is 3.22. The lowest BCUT2D eigenvalue weighted by Crippen LogP contribution is -2.53. The summed E-state index contributed by atoms with van der Waals surface area (Å²) in [6, 6.07) is 4.17. The largest absolute Gasteiger partial charge is 0.353 e. The monoisotopic (exact) mass is 344 g/mol. The summed E-state index contributed by atoms with van der Waals surface area (Å²) in [5.41, 5.74) is 5.74. The zero-order valence-corrected chi connectivity index (χ0v) is 15.3. The van der Waals surface area contributed by atoms with Gasteiger partial charge in [0.2, 0.25) is 5.91 Å². The van der Waals surface area contributed by atoms with E-state index in [0.29, 0.717) is 6.54 Å². The number of hydrogen-bond donors (Lipinski definition) is 2. The third-order valence-electron chi connectivity index (χ3n) is 5.14. The molecule has 0 spiro atoms. The number of nitrogens with one attached hydrogen (secondary N) is 1. The van der Waals surface area contributed by atoms with Gasteiger partial charge in [-0.25, -0.2) is 0 Å². The minimum atomic E-state index is -0.311. The quantitative estimate of drug-likeness (QED) is 0.819. The van der Waals surface area contributed by atoms with Crippen LogP contribution in [0.15, 0.2) is 17.5 Å². The maximum Gasteiger partial charge on any atom is 0.231 e. The summed E-state index contributed by atoms with van der Waals surface area (Å²) in [5.74, 6) is 0.182. The fourth-order valence-corrected chi connectivity index (χ4v) is 4.20. The number of carbonyl (C=O) groups excluding carboxylic acids is 1. The zero-order chi connectivity index (χ0) is 15.3. The smallest absolute Gasteiger partial charge is 0.231 e. The first-order valence-corrected chi connectivity index (χ1v) is 9.05. The molecule has 0 unspecified atom stereocenters. The first kappa shape index (κ1) is 19.5. The molecular formula is C17H29ClN2OS. The molecule has 1 aliphatic rings. The molecule has 0 atom stereocenters. The maximum atomic E-state index is 12.9. The van der Waals surface area contributed by atoms with E-state index in [1.165, 1.54) is 11.3 Å². The van der Waals surface area contributed by atoms with Crippen LogP contribution in [0.2, 0.25) is 0 Å². The molecule has 1 heterocycles. The number of carbonyl (C=O) groups is 1. The SMILES string of the molecule is CCC(N)(CC)CNC(=O)C1(c2cccs2)CCCCC1.Cl. The van der Waals surface area contributed by atoms with Crippen molar-refractivity contribution >= 4 is 29.7 Å². The van der Waals surface area contributed by atoms with E-state index in [2.05, 4.69) is 36.7 Å². The highest BCUT2D eigenvalue weighted by molar-refractivity contribution is 7.10. The molecule has 0 radical (unpaired) electrons. The molecule has 1 aromatic rings. The molecule has 1 amide bonds. The van der Waals surface area contributed by atoms with Gasteiger partial charge in [-0.15, -0.1) is 23.7 Å². The topological polar surface area (TPSA) is 55.1 Å². The van der Waals surface area contributed by atoms with E-state index < -0.39 is 0 Å². The molecule has 22 heavy (non-hydrogen) atoms. The lowest BCUT2D eigenvalue weighted by Gasteiger charge is -2.36. The predicted octanol–water partition coefficient (Wildman–Crippen LogP) is 4.01. The molecule has 126 valence electrons. The molecule has 3 N–H and O–H groups in total. The highest BCUT2D eigenvalue weighted by Crippen LogP contribution is 2.41. The number of hydrogen-bond acceptors (Lipinski definition) is 3. The van der Waals surface area contributed by atoms with Crippen molar-refractivity contribution in [1.82, 2.24) is 5.32 Å². The van der Waals surface area contributed by atoms with E-state index >= 15 is 0 Å². The van der Waals surface area contributed by atoms with Crippen molar-refractivity contribution in [1.29, 1.82) is 0 Å². The third kappa shape index (κ3) is 4.03. The Morgan fingerprint density at radius 1 is 1.32 bits per heavy atom. The summed E-state index contributed by atoms with van der Waals surface area (Å²) in [4.78, 5) is 14.2.